The molecule has 35 heavy (non-hydrogen) atoms. The third-order valence-electron chi connectivity index (χ3n) is 6.07. The normalized spacial score (nSPS) is 11.6. The van der Waals surface area contributed by atoms with Crippen LogP contribution in [0.3, 0.4) is 0 Å². The standard InChI is InChI=1S/C26H32N6O3/c1-5-6-14-31-24-23(25(34)30-26(31)35)32(15-16(2)3)20(29-24)11-12-21(33)28-19-10-9-17(4)22-18(19)8-7-13-27-22/h7-10,13,16H,5-6,11-12,14-15H2,1-4H3,(H,28,33)(H,30,34,35). The number of imidazole rings is 1. The lowest BCUT2D eigenvalue weighted by atomic mass is 10.1. The summed E-state index contributed by atoms with van der Waals surface area (Å²) in [6, 6.07) is 7.61. The van der Waals surface area contributed by atoms with Crippen molar-refractivity contribution in [2.24, 2.45) is 5.92 Å². The van der Waals surface area contributed by atoms with Gasteiger partial charge in [0, 0.05) is 37.5 Å². The fourth-order valence-corrected chi connectivity index (χ4v) is 4.35. The number of anilines is 1. The van der Waals surface area contributed by atoms with Gasteiger partial charge in [0.25, 0.3) is 5.56 Å². The van der Waals surface area contributed by atoms with Crippen LogP contribution in [0.15, 0.2) is 40.1 Å². The van der Waals surface area contributed by atoms with Crippen LogP contribution >= 0.6 is 0 Å². The quantitative estimate of drug-likeness (QED) is 0.382. The average Bonchev–Trinajstić information content (AvgIpc) is 3.17. The van der Waals surface area contributed by atoms with Crippen LogP contribution < -0.4 is 16.6 Å². The zero-order chi connectivity index (χ0) is 25.1. The first kappa shape index (κ1) is 24.4. The number of carbonyl (C=O) groups excluding carboxylic acids is 1. The van der Waals surface area contributed by atoms with E-state index in [1.165, 1.54) is 4.57 Å². The second-order valence-corrected chi connectivity index (χ2v) is 9.35. The maximum absolute atomic E-state index is 12.9. The van der Waals surface area contributed by atoms with Gasteiger partial charge in [0.2, 0.25) is 5.91 Å². The molecule has 0 fully saturated rings. The maximum atomic E-state index is 12.9. The minimum Gasteiger partial charge on any atom is -0.325 e. The molecule has 4 rings (SSSR count). The number of rotatable bonds is 9. The Morgan fingerprint density at radius 1 is 1.17 bits per heavy atom. The topological polar surface area (TPSA) is 115 Å². The third-order valence-corrected chi connectivity index (χ3v) is 6.07. The number of H-pyrrole nitrogens is 1. The number of hydrogen-bond acceptors (Lipinski definition) is 5. The summed E-state index contributed by atoms with van der Waals surface area (Å²) in [4.78, 5) is 49.7. The number of amides is 1. The fraction of sp³-hybridized carbons (Fsp3) is 0.423. The summed E-state index contributed by atoms with van der Waals surface area (Å²) in [6.45, 7) is 9.19. The van der Waals surface area contributed by atoms with Crippen molar-refractivity contribution in [1.82, 2.24) is 24.1 Å². The number of aromatic amines is 1. The van der Waals surface area contributed by atoms with Crippen molar-refractivity contribution in [3.05, 3.63) is 62.7 Å². The average molecular weight is 477 g/mol. The van der Waals surface area contributed by atoms with Gasteiger partial charge in [-0.3, -0.25) is 24.1 Å². The van der Waals surface area contributed by atoms with E-state index in [0.717, 1.165) is 29.3 Å². The highest BCUT2D eigenvalue weighted by Crippen LogP contribution is 2.25. The van der Waals surface area contributed by atoms with Gasteiger partial charge in [-0.15, -0.1) is 0 Å². The number of benzene rings is 1. The first-order valence-corrected chi connectivity index (χ1v) is 12.2. The molecule has 0 aliphatic rings. The highest BCUT2D eigenvalue weighted by molar-refractivity contribution is 6.01. The number of nitrogens with zero attached hydrogens (tertiary/aromatic N) is 4. The molecule has 0 saturated carbocycles. The van der Waals surface area contributed by atoms with Crippen LogP contribution in [0.2, 0.25) is 0 Å². The van der Waals surface area contributed by atoms with Crippen molar-refractivity contribution in [2.75, 3.05) is 5.32 Å². The highest BCUT2D eigenvalue weighted by atomic mass is 16.2. The van der Waals surface area contributed by atoms with Gasteiger partial charge in [-0.05, 0) is 43.0 Å². The Morgan fingerprint density at radius 3 is 2.71 bits per heavy atom. The summed E-state index contributed by atoms with van der Waals surface area (Å²) in [5.74, 6) is 0.724. The minimum atomic E-state index is -0.450. The summed E-state index contributed by atoms with van der Waals surface area (Å²) in [5.41, 5.74) is 2.49. The number of pyridine rings is 1. The van der Waals surface area contributed by atoms with Crippen LogP contribution in [0, 0.1) is 12.8 Å². The van der Waals surface area contributed by atoms with Crippen molar-refractivity contribution in [1.29, 1.82) is 0 Å². The Balaban J connectivity index is 1.64. The van der Waals surface area contributed by atoms with Gasteiger partial charge in [-0.2, -0.15) is 0 Å². The summed E-state index contributed by atoms with van der Waals surface area (Å²) < 4.78 is 3.39. The van der Waals surface area contributed by atoms with E-state index in [-0.39, 0.29) is 18.2 Å². The lowest BCUT2D eigenvalue weighted by molar-refractivity contribution is -0.116. The lowest BCUT2D eigenvalue weighted by Crippen LogP contribution is -2.31. The molecule has 0 spiro atoms. The smallest absolute Gasteiger partial charge is 0.325 e. The van der Waals surface area contributed by atoms with Gasteiger partial charge < -0.3 is 9.88 Å². The molecule has 4 aromatic rings. The van der Waals surface area contributed by atoms with E-state index in [0.29, 0.717) is 42.2 Å². The Kier molecular flexibility index (Phi) is 7.14. The van der Waals surface area contributed by atoms with Crippen molar-refractivity contribution < 1.29 is 4.79 Å². The molecule has 9 heteroatoms. The second-order valence-electron chi connectivity index (χ2n) is 9.35. The fourth-order valence-electron chi connectivity index (χ4n) is 4.35. The van der Waals surface area contributed by atoms with Crippen molar-refractivity contribution in [3.8, 4) is 0 Å². The van der Waals surface area contributed by atoms with E-state index < -0.39 is 11.2 Å². The largest absolute Gasteiger partial charge is 0.330 e. The molecule has 2 N–H and O–H groups in total. The molecule has 0 atom stereocenters. The Bertz CT molecular complexity index is 1500. The number of fused-ring (bicyclic) bond motifs is 2. The Labute approximate surface area is 203 Å². The summed E-state index contributed by atoms with van der Waals surface area (Å²) in [5, 5.41) is 3.89. The Hall–Kier alpha value is -3.75. The van der Waals surface area contributed by atoms with E-state index >= 15 is 0 Å². The number of nitrogens with one attached hydrogen (secondary N) is 2. The molecular formula is C26H32N6O3. The molecule has 0 unspecified atom stereocenters. The number of unbranched alkanes of at least 4 members (excludes halogenated alkanes) is 1. The zero-order valence-electron chi connectivity index (χ0n) is 20.7. The van der Waals surface area contributed by atoms with Crippen LogP contribution in [0.1, 0.15) is 51.4 Å². The van der Waals surface area contributed by atoms with Crippen LogP contribution in [0.4, 0.5) is 5.69 Å². The summed E-state index contributed by atoms with van der Waals surface area (Å²) >= 11 is 0. The van der Waals surface area contributed by atoms with Crippen LogP contribution in [0.5, 0.6) is 0 Å². The number of carbonyl (C=O) groups is 1. The molecule has 1 amide bonds. The number of aromatic nitrogens is 5. The molecule has 184 valence electrons. The van der Waals surface area contributed by atoms with Gasteiger partial charge in [0.15, 0.2) is 11.2 Å². The highest BCUT2D eigenvalue weighted by Gasteiger charge is 2.20. The van der Waals surface area contributed by atoms with Crippen molar-refractivity contribution >= 4 is 33.7 Å². The molecule has 0 bridgehead atoms. The van der Waals surface area contributed by atoms with Gasteiger partial charge >= 0.3 is 5.69 Å². The van der Waals surface area contributed by atoms with Crippen molar-refractivity contribution in [3.63, 3.8) is 0 Å². The monoisotopic (exact) mass is 476 g/mol. The molecule has 1 aromatic carbocycles. The summed E-state index contributed by atoms with van der Waals surface area (Å²) in [7, 11) is 0. The Morgan fingerprint density at radius 2 is 1.97 bits per heavy atom. The molecule has 0 aliphatic heterocycles. The zero-order valence-corrected chi connectivity index (χ0v) is 20.7. The molecule has 0 radical (unpaired) electrons. The number of hydrogen-bond donors (Lipinski definition) is 2. The maximum Gasteiger partial charge on any atom is 0.330 e. The molecular weight excluding hydrogens is 444 g/mol. The molecule has 3 aromatic heterocycles. The van der Waals surface area contributed by atoms with Gasteiger partial charge in [-0.25, -0.2) is 9.78 Å². The SMILES string of the molecule is CCCCn1c(=O)[nH]c(=O)c2c1nc(CCC(=O)Nc1ccc(C)c3ncccc13)n2CC(C)C. The van der Waals surface area contributed by atoms with Crippen molar-refractivity contribution in [2.45, 2.75) is 66.5 Å². The van der Waals surface area contributed by atoms with Crippen LogP contribution in [-0.4, -0.2) is 30.0 Å². The lowest BCUT2D eigenvalue weighted by Gasteiger charge is -2.12. The van der Waals surface area contributed by atoms with Gasteiger partial charge in [-0.1, -0.05) is 33.3 Å². The van der Waals surface area contributed by atoms with Gasteiger partial charge in [0.1, 0.15) is 5.82 Å². The van der Waals surface area contributed by atoms with E-state index in [9.17, 15) is 14.4 Å². The first-order chi connectivity index (χ1) is 16.8. The van der Waals surface area contributed by atoms with Crippen LogP contribution in [-0.2, 0) is 24.3 Å². The first-order valence-electron chi connectivity index (χ1n) is 12.2. The van der Waals surface area contributed by atoms with Crippen LogP contribution in [0.25, 0.3) is 22.1 Å². The predicted octanol–water partition coefficient (Wildman–Crippen LogP) is 3.77. The minimum absolute atomic E-state index is 0.153. The molecule has 0 saturated heterocycles. The van der Waals surface area contributed by atoms with E-state index in [1.807, 2.05) is 42.7 Å². The third kappa shape index (κ3) is 5.03. The van der Waals surface area contributed by atoms with E-state index in [1.54, 1.807) is 6.20 Å². The summed E-state index contributed by atoms with van der Waals surface area (Å²) in [6.07, 6.45) is 3.98. The second kappa shape index (κ2) is 10.2. The van der Waals surface area contributed by atoms with Gasteiger partial charge in [0.05, 0.1) is 11.2 Å². The molecule has 9 nitrogen and oxygen atoms in total. The number of aryl methyl sites for hydroxylation is 3. The predicted molar refractivity (Wildman–Crippen MR) is 138 cm³/mol. The van der Waals surface area contributed by atoms with E-state index in [4.69, 9.17) is 4.98 Å². The van der Waals surface area contributed by atoms with E-state index in [2.05, 4.69) is 29.1 Å². The molecule has 3 heterocycles. The molecule has 0 aliphatic carbocycles.